The zero-order valence-electron chi connectivity index (χ0n) is 8.76. The van der Waals surface area contributed by atoms with Crippen LogP contribution in [0.1, 0.15) is 38.9 Å². The van der Waals surface area contributed by atoms with E-state index in [2.05, 4.69) is 28.6 Å². The van der Waals surface area contributed by atoms with Gasteiger partial charge in [0, 0.05) is 13.0 Å². The van der Waals surface area contributed by atoms with E-state index in [0.717, 1.165) is 25.2 Å². The van der Waals surface area contributed by atoms with Crippen LogP contribution in [-0.2, 0) is 13.0 Å². The number of nitrogens with zero attached hydrogens (tertiary/aromatic N) is 3. The number of hydrogen-bond acceptors (Lipinski definition) is 2. The lowest BCUT2D eigenvalue weighted by atomic mass is 10.1. The zero-order valence-corrected chi connectivity index (χ0v) is 9.51. The first-order chi connectivity index (χ1) is 6.64. The molecule has 1 heterocycles. The van der Waals surface area contributed by atoms with E-state index in [4.69, 9.17) is 11.6 Å². The van der Waals surface area contributed by atoms with Gasteiger partial charge in [-0.05, 0) is 36.3 Å². The fourth-order valence-electron chi connectivity index (χ4n) is 1.63. The van der Waals surface area contributed by atoms with Crippen molar-refractivity contribution < 1.29 is 0 Å². The first kappa shape index (κ1) is 9.97. The largest absolute Gasteiger partial charge is 0.301 e. The summed E-state index contributed by atoms with van der Waals surface area (Å²) in [6.45, 7) is 5.42. The van der Waals surface area contributed by atoms with Crippen LogP contribution in [0, 0.1) is 5.41 Å². The zero-order chi connectivity index (χ0) is 10.2. The molecule has 0 N–H and O–H groups in total. The van der Waals surface area contributed by atoms with Crippen LogP contribution in [0.4, 0.5) is 0 Å². The third-order valence-corrected chi connectivity index (χ3v) is 3.18. The van der Waals surface area contributed by atoms with Gasteiger partial charge in [0.2, 0.25) is 5.28 Å². The minimum absolute atomic E-state index is 0.453. The quantitative estimate of drug-likeness (QED) is 0.770. The smallest absolute Gasteiger partial charge is 0.225 e. The third-order valence-electron chi connectivity index (χ3n) is 2.90. The molecule has 1 aliphatic carbocycles. The third kappa shape index (κ3) is 1.92. The summed E-state index contributed by atoms with van der Waals surface area (Å²) >= 11 is 6.00. The minimum atomic E-state index is 0.453. The fourth-order valence-corrected chi connectivity index (χ4v) is 1.83. The molecule has 0 amide bonds. The Kier molecular flexibility index (Phi) is 2.52. The second-order valence-electron chi connectivity index (χ2n) is 4.53. The number of aromatic nitrogens is 3. The Hall–Kier alpha value is -0.570. The van der Waals surface area contributed by atoms with Crippen molar-refractivity contribution in [3.8, 4) is 0 Å². The van der Waals surface area contributed by atoms with Crippen molar-refractivity contribution >= 4 is 11.6 Å². The average molecular weight is 214 g/mol. The highest BCUT2D eigenvalue weighted by Crippen LogP contribution is 2.46. The summed E-state index contributed by atoms with van der Waals surface area (Å²) in [5.74, 6) is 1.03. The summed E-state index contributed by atoms with van der Waals surface area (Å²) in [6.07, 6.45) is 4.65. The summed E-state index contributed by atoms with van der Waals surface area (Å²) in [6, 6.07) is 0. The van der Waals surface area contributed by atoms with Crippen LogP contribution < -0.4 is 0 Å². The molecular weight excluding hydrogens is 198 g/mol. The van der Waals surface area contributed by atoms with Crippen molar-refractivity contribution in [1.82, 2.24) is 14.8 Å². The Balaban J connectivity index is 2.16. The van der Waals surface area contributed by atoms with E-state index >= 15 is 0 Å². The van der Waals surface area contributed by atoms with Gasteiger partial charge < -0.3 is 4.57 Å². The lowest BCUT2D eigenvalue weighted by Gasteiger charge is -2.11. The summed E-state index contributed by atoms with van der Waals surface area (Å²) in [5, 5.41) is 8.57. The van der Waals surface area contributed by atoms with Crippen molar-refractivity contribution in [3.05, 3.63) is 11.1 Å². The first-order valence-corrected chi connectivity index (χ1v) is 5.60. The van der Waals surface area contributed by atoms with Gasteiger partial charge >= 0.3 is 0 Å². The highest BCUT2D eigenvalue weighted by Gasteiger charge is 2.38. The van der Waals surface area contributed by atoms with E-state index in [9.17, 15) is 0 Å². The molecule has 1 aromatic rings. The van der Waals surface area contributed by atoms with E-state index < -0.39 is 0 Å². The van der Waals surface area contributed by atoms with Crippen LogP contribution in [0.5, 0.6) is 0 Å². The molecule has 3 nitrogen and oxygen atoms in total. The Morgan fingerprint density at radius 1 is 1.43 bits per heavy atom. The minimum Gasteiger partial charge on any atom is -0.301 e. The first-order valence-electron chi connectivity index (χ1n) is 5.22. The van der Waals surface area contributed by atoms with E-state index in [0.29, 0.717) is 10.7 Å². The predicted molar refractivity (Wildman–Crippen MR) is 56.4 cm³/mol. The number of hydrogen-bond donors (Lipinski definition) is 0. The fraction of sp³-hybridized carbons (Fsp3) is 0.800. The highest BCUT2D eigenvalue weighted by molar-refractivity contribution is 6.28. The molecule has 4 heteroatoms. The SMILES string of the molecule is CCCc1nnc(Cl)n1CC1(C)CC1. The lowest BCUT2D eigenvalue weighted by Crippen LogP contribution is -2.11. The van der Waals surface area contributed by atoms with Gasteiger partial charge in [-0.3, -0.25) is 0 Å². The normalized spacial score (nSPS) is 18.5. The van der Waals surface area contributed by atoms with Gasteiger partial charge in [0.25, 0.3) is 0 Å². The Morgan fingerprint density at radius 2 is 2.14 bits per heavy atom. The molecule has 1 aromatic heterocycles. The van der Waals surface area contributed by atoms with E-state index in [1.807, 2.05) is 0 Å². The highest BCUT2D eigenvalue weighted by atomic mass is 35.5. The van der Waals surface area contributed by atoms with Crippen LogP contribution in [0.2, 0.25) is 5.28 Å². The van der Waals surface area contributed by atoms with E-state index in [1.54, 1.807) is 0 Å². The van der Waals surface area contributed by atoms with Crippen molar-refractivity contribution in [3.63, 3.8) is 0 Å². The van der Waals surface area contributed by atoms with Crippen molar-refractivity contribution in [1.29, 1.82) is 0 Å². The Bertz CT molecular complexity index is 328. The number of aryl methyl sites for hydroxylation is 1. The topological polar surface area (TPSA) is 30.7 Å². The maximum absolute atomic E-state index is 6.00. The molecule has 0 atom stereocenters. The summed E-state index contributed by atoms with van der Waals surface area (Å²) in [4.78, 5) is 0. The molecule has 78 valence electrons. The average Bonchev–Trinajstić information content (AvgIpc) is 2.79. The summed E-state index contributed by atoms with van der Waals surface area (Å²) < 4.78 is 2.07. The molecule has 1 saturated carbocycles. The molecular formula is C10H16ClN3. The van der Waals surface area contributed by atoms with Crippen molar-refractivity contribution in [2.45, 2.75) is 46.1 Å². The van der Waals surface area contributed by atoms with Gasteiger partial charge in [-0.15, -0.1) is 10.2 Å². The molecule has 1 aliphatic rings. The summed E-state index contributed by atoms with van der Waals surface area (Å²) in [7, 11) is 0. The molecule has 0 aromatic carbocycles. The van der Waals surface area contributed by atoms with Crippen LogP contribution >= 0.6 is 11.6 Å². The van der Waals surface area contributed by atoms with Crippen LogP contribution in [0.3, 0.4) is 0 Å². The Morgan fingerprint density at radius 3 is 2.71 bits per heavy atom. The van der Waals surface area contributed by atoms with Gasteiger partial charge in [-0.25, -0.2) is 0 Å². The summed E-state index contributed by atoms with van der Waals surface area (Å²) in [5.41, 5.74) is 0.453. The molecule has 0 spiro atoms. The Labute approximate surface area is 89.5 Å². The van der Waals surface area contributed by atoms with Gasteiger partial charge in [0.05, 0.1) is 0 Å². The molecule has 1 fully saturated rings. The number of halogens is 1. The van der Waals surface area contributed by atoms with Crippen LogP contribution in [0.15, 0.2) is 0 Å². The monoisotopic (exact) mass is 213 g/mol. The molecule has 2 rings (SSSR count). The molecule has 0 aliphatic heterocycles. The van der Waals surface area contributed by atoms with Gasteiger partial charge in [0.15, 0.2) is 0 Å². The van der Waals surface area contributed by atoms with E-state index in [-0.39, 0.29) is 0 Å². The standard InChI is InChI=1S/C10H16ClN3/c1-3-4-8-12-13-9(11)14(8)7-10(2)5-6-10/h3-7H2,1-2H3. The van der Waals surface area contributed by atoms with Gasteiger partial charge in [-0.1, -0.05) is 13.8 Å². The molecule has 0 radical (unpaired) electrons. The van der Waals surface area contributed by atoms with Crippen LogP contribution in [0.25, 0.3) is 0 Å². The van der Waals surface area contributed by atoms with Gasteiger partial charge in [0.1, 0.15) is 5.82 Å². The maximum atomic E-state index is 6.00. The molecule has 0 unspecified atom stereocenters. The molecule has 14 heavy (non-hydrogen) atoms. The van der Waals surface area contributed by atoms with Crippen molar-refractivity contribution in [2.24, 2.45) is 5.41 Å². The molecule has 0 saturated heterocycles. The maximum Gasteiger partial charge on any atom is 0.225 e. The molecule has 0 bridgehead atoms. The second-order valence-corrected chi connectivity index (χ2v) is 4.87. The van der Waals surface area contributed by atoms with E-state index in [1.165, 1.54) is 12.8 Å². The van der Waals surface area contributed by atoms with Crippen molar-refractivity contribution in [2.75, 3.05) is 0 Å². The second kappa shape index (κ2) is 3.54. The number of rotatable bonds is 4. The van der Waals surface area contributed by atoms with Crippen LogP contribution in [-0.4, -0.2) is 14.8 Å². The predicted octanol–water partition coefficient (Wildman–Crippen LogP) is 2.68. The lowest BCUT2D eigenvalue weighted by molar-refractivity contribution is 0.452. The van der Waals surface area contributed by atoms with Gasteiger partial charge in [-0.2, -0.15) is 0 Å².